The highest BCUT2D eigenvalue weighted by molar-refractivity contribution is 6.01. The molecular weight excluding hydrogens is 166 g/mol. The molecule has 1 aromatic rings. The van der Waals surface area contributed by atoms with Crippen LogP contribution in [0.1, 0.15) is 21.5 Å². The first-order valence-corrected chi connectivity index (χ1v) is 4.03. The Hall–Kier alpha value is -1.64. The molecule has 1 aliphatic heterocycles. The summed E-state index contributed by atoms with van der Waals surface area (Å²) in [5.74, 6) is -0.301. The van der Waals surface area contributed by atoms with Crippen LogP contribution in [0.2, 0.25) is 0 Å². The normalized spacial score (nSPS) is 12.7. The minimum atomic E-state index is -0.301. The summed E-state index contributed by atoms with van der Waals surface area (Å²) in [4.78, 5) is 15.4. The van der Waals surface area contributed by atoms with Gasteiger partial charge in [-0.3, -0.25) is 4.99 Å². The predicted octanol–water partition coefficient (Wildman–Crippen LogP) is 1.41. The number of fused-ring (bicyclic) bond motifs is 1. The molecule has 0 N–H and O–H groups in total. The van der Waals surface area contributed by atoms with Crippen molar-refractivity contribution in [2.45, 2.75) is 6.54 Å². The number of esters is 1. The fourth-order valence-electron chi connectivity index (χ4n) is 1.43. The second-order valence-corrected chi connectivity index (χ2v) is 2.84. The fraction of sp³-hybridized carbons (Fsp3) is 0.200. The zero-order chi connectivity index (χ0) is 9.26. The van der Waals surface area contributed by atoms with E-state index in [1.54, 1.807) is 12.3 Å². The van der Waals surface area contributed by atoms with E-state index in [1.807, 2.05) is 12.1 Å². The number of rotatable bonds is 1. The van der Waals surface area contributed by atoms with Crippen molar-refractivity contribution < 1.29 is 9.53 Å². The molecule has 0 atom stereocenters. The van der Waals surface area contributed by atoms with Gasteiger partial charge in [0.25, 0.3) is 0 Å². The van der Waals surface area contributed by atoms with Crippen molar-refractivity contribution in [2.75, 3.05) is 7.11 Å². The zero-order valence-corrected chi connectivity index (χ0v) is 7.28. The van der Waals surface area contributed by atoms with Gasteiger partial charge in [0.15, 0.2) is 0 Å². The average Bonchev–Trinajstić information content (AvgIpc) is 2.63. The molecule has 0 saturated heterocycles. The van der Waals surface area contributed by atoms with Gasteiger partial charge in [-0.25, -0.2) is 4.79 Å². The Morgan fingerprint density at radius 1 is 1.54 bits per heavy atom. The van der Waals surface area contributed by atoms with Gasteiger partial charge in [-0.15, -0.1) is 0 Å². The number of aliphatic imine (C=N–C) groups is 1. The van der Waals surface area contributed by atoms with Crippen LogP contribution in [-0.2, 0) is 11.3 Å². The molecule has 0 aromatic heterocycles. The maximum absolute atomic E-state index is 11.3. The molecule has 0 aliphatic carbocycles. The van der Waals surface area contributed by atoms with Crippen molar-refractivity contribution >= 4 is 12.2 Å². The van der Waals surface area contributed by atoms with E-state index in [1.165, 1.54) is 7.11 Å². The van der Waals surface area contributed by atoms with Gasteiger partial charge in [0, 0.05) is 11.8 Å². The van der Waals surface area contributed by atoms with Crippen LogP contribution in [0, 0.1) is 0 Å². The third kappa shape index (κ3) is 1.22. The lowest BCUT2D eigenvalue weighted by atomic mass is 10.0. The standard InChI is InChI=1S/C10H9NO2/c1-13-10(12)8-4-2-3-7-5-11-6-9(7)8/h2-4,6H,5H2,1H3. The average molecular weight is 175 g/mol. The highest BCUT2D eigenvalue weighted by Crippen LogP contribution is 2.19. The van der Waals surface area contributed by atoms with E-state index in [-0.39, 0.29) is 5.97 Å². The summed E-state index contributed by atoms with van der Waals surface area (Å²) < 4.78 is 4.66. The highest BCUT2D eigenvalue weighted by atomic mass is 16.5. The minimum Gasteiger partial charge on any atom is -0.465 e. The lowest BCUT2D eigenvalue weighted by Crippen LogP contribution is -2.05. The SMILES string of the molecule is COC(=O)c1cccc2c1C=NC2. The largest absolute Gasteiger partial charge is 0.465 e. The molecule has 0 amide bonds. The van der Waals surface area contributed by atoms with E-state index in [2.05, 4.69) is 9.73 Å². The second-order valence-electron chi connectivity index (χ2n) is 2.84. The Morgan fingerprint density at radius 2 is 2.38 bits per heavy atom. The molecule has 3 heteroatoms. The van der Waals surface area contributed by atoms with Gasteiger partial charge >= 0.3 is 5.97 Å². The summed E-state index contributed by atoms with van der Waals surface area (Å²) in [6.45, 7) is 0.667. The van der Waals surface area contributed by atoms with Crippen molar-refractivity contribution in [3.8, 4) is 0 Å². The number of hydrogen-bond acceptors (Lipinski definition) is 3. The van der Waals surface area contributed by atoms with Crippen molar-refractivity contribution in [2.24, 2.45) is 4.99 Å². The van der Waals surface area contributed by atoms with Gasteiger partial charge in [-0.2, -0.15) is 0 Å². The van der Waals surface area contributed by atoms with Crippen molar-refractivity contribution in [3.63, 3.8) is 0 Å². The topological polar surface area (TPSA) is 38.7 Å². The number of ether oxygens (including phenoxy) is 1. The molecule has 1 heterocycles. The van der Waals surface area contributed by atoms with Crippen LogP contribution in [-0.4, -0.2) is 19.3 Å². The number of benzene rings is 1. The van der Waals surface area contributed by atoms with E-state index in [0.29, 0.717) is 12.1 Å². The molecule has 13 heavy (non-hydrogen) atoms. The molecule has 1 aliphatic rings. The molecule has 2 rings (SSSR count). The van der Waals surface area contributed by atoms with Crippen LogP contribution in [0.3, 0.4) is 0 Å². The maximum Gasteiger partial charge on any atom is 0.338 e. The lowest BCUT2D eigenvalue weighted by Gasteiger charge is -2.03. The first-order valence-electron chi connectivity index (χ1n) is 4.03. The van der Waals surface area contributed by atoms with Crippen LogP contribution in [0.4, 0.5) is 0 Å². The minimum absolute atomic E-state index is 0.301. The zero-order valence-electron chi connectivity index (χ0n) is 7.28. The smallest absolute Gasteiger partial charge is 0.338 e. The van der Waals surface area contributed by atoms with E-state index >= 15 is 0 Å². The van der Waals surface area contributed by atoms with Crippen molar-refractivity contribution in [1.29, 1.82) is 0 Å². The molecule has 0 bridgehead atoms. The van der Waals surface area contributed by atoms with Crippen LogP contribution >= 0.6 is 0 Å². The van der Waals surface area contributed by atoms with Crippen molar-refractivity contribution in [1.82, 2.24) is 0 Å². The van der Waals surface area contributed by atoms with Crippen LogP contribution in [0.15, 0.2) is 23.2 Å². The summed E-state index contributed by atoms with van der Waals surface area (Å²) >= 11 is 0. The molecule has 0 saturated carbocycles. The first-order chi connectivity index (χ1) is 6.33. The van der Waals surface area contributed by atoms with Gasteiger partial charge in [0.05, 0.1) is 19.2 Å². The van der Waals surface area contributed by atoms with Gasteiger partial charge in [0.2, 0.25) is 0 Å². The molecule has 3 nitrogen and oxygen atoms in total. The maximum atomic E-state index is 11.3. The number of carbonyl (C=O) groups excluding carboxylic acids is 1. The third-order valence-electron chi connectivity index (χ3n) is 2.08. The number of nitrogens with zero attached hydrogens (tertiary/aromatic N) is 1. The molecule has 0 unspecified atom stereocenters. The van der Waals surface area contributed by atoms with Crippen LogP contribution < -0.4 is 0 Å². The molecule has 1 aromatic carbocycles. The summed E-state index contributed by atoms with van der Waals surface area (Å²) in [6.07, 6.45) is 1.72. The number of hydrogen-bond donors (Lipinski definition) is 0. The van der Waals surface area contributed by atoms with E-state index in [0.717, 1.165) is 11.1 Å². The van der Waals surface area contributed by atoms with E-state index in [9.17, 15) is 4.79 Å². The third-order valence-corrected chi connectivity index (χ3v) is 2.08. The Bertz CT molecular complexity index is 383. The Balaban J connectivity index is 2.52. The monoisotopic (exact) mass is 175 g/mol. The van der Waals surface area contributed by atoms with Gasteiger partial charge in [-0.05, 0) is 11.6 Å². The molecule has 66 valence electrons. The molecule has 0 radical (unpaired) electrons. The summed E-state index contributed by atoms with van der Waals surface area (Å²) in [5.41, 5.74) is 2.58. The summed E-state index contributed by atoms with van der Waals surface area (Å²) in [5, 5.41) is 0. The summed E-state index contributed by atoms with van der Waals surface area (Å²) in [6, 6.07) is 5.57. The fourth-order valence-corrected chi connectivity index (χ4v) is 1.43. The van der Waals surface area contributed by atoms with Crippen LogP contribution in [0.5, 0.6) is 0 Å². The highest BCUT2D eigenvalue weighted by Gasteiger charge is 2.15. The molecular formula is C10H9NO2. The Morgan fingerprint density at radius 3 is 3.15 bits per heavy atom. The van der Waals surface area contributed by atoms with Gasteiger partial charge < -0.3 is 4.74 Å². The Labute approximate surface area is 76.1 Å². The first kappa shape index (κ1) is 7.98. The van der Waals surface area contributed by atoms with Gasteiger partial charge in [0.1, 0.15) is 0 Å². The van der Waals surface area contributed by atoms with E-state index in [4.69, 9.17) is 0 Å². The number of methoxy groups -OCH3 is 1. The predicted molar refractivity (Wildman–Crippen MR) is 49.1 cm³/mol. The van der Waals surface area contributed by atoms with E-state index < -0.39 is 0 Å². The summed E-state index contributed by atoms with van der Waals surface area (Å²) in [7, 11) is 1.38. The Kier molecular flexibility index (Phi) is 1.85. The van der Waals surface area contributed by atoms with Crippen LogP contribution in [0.25, 0.3) is 0 Å². The lowest BCUT2D eigenvalue weighted by molar-refractivity contribution is 0.0600. The second kappa shape index (κ2) is 3.01. The molecule has 0 fully saturated rings. The van der Waals surface area contributed by atoms with Crippen molar-refractivity contribution in [3.05, 3.63) is 34.9 Å². The number of carbonyl (C=O) groups is 1. The van der Waals surface area contributed by atoms with Gasteiger partial charge in [-0.1, -0.05) is 12.1 Å². The quantitative estimate of drug-likeness (QED) is 0.605. The molecule has 0 spiro atoms.